The minimum atomic E-state index is -0.505. The first-order valence-electron chi connectivity index (χ1n) is 9.29. The van der Waals surface area contributed by atoms with Crippen LogP contribution < -0.4 is 9.64 Å². The van der Waals surface area contributed by atoms with Gasteiger partial charge in [0, 0.05) is 12.8 Å². The number of aliphatic hydroxyl groups excluding tert-OH is 1. The topological polar surface area (TPSA) is 60.2 Å². The van der Waals surface area contributed by atoms with Crippen LogP contribution in [0.25, 0.3) is 0 Å². The average Bonchev–Trinajstić information content (AvgIpc) is 2.57. The molecule has 0 bridgehead atoms. The zero-order valence-electron chi connectivity index (χ0n) is 15.9. The van der Waals surface area contributed by atoms with Crippen molar-refractivity contribution in [3.8, 4) is 5.75 Å². The molecule has 1 aromatic carbocycles. The highest BCUT2D eigenvalue weighted by Crippen LogP contribution is 2.23. The van der Waals surface area contributed by atoms with Crippen LogP contribution in [0, 0.1) is 26.7 Å². The maximum Gasteiger partial charge on any atom is 0.309 e. The van der Waals surface area contributed by atoms with Crippen molar-refractivity contribution in [3.05, 3.63) is 28.8 Å². The van der Waals surface area contributed by atoms with Crippen molar-refractivity contribution in [2.75, 3.05) is 32.8 Å². The lowest BCUT2D eigenvalue weighted by Crippen LogP contribution is -3.14. The molecule has 0 radical (unpaired) electrons. The van der Waals surface area contributed by atoms with Crippen LogP contribution in [0.15, 0.2) is 12.1 Å². The number of rotatable bonds is 7. The summed E-state index contributed by atoms with van der Waals surface area (Å²) in [6, 6.07) is 4.16. The van der Waals surface area contributed by atoms with Crippen LogP contribution in [-0.4, -0.2) is 50.0 Å². The van der Waals surface area contributed by atoms with Crippen molar-refractivity contribution in [3.63, 3.8) is 0 Å². The predicted molar refractivity (Wildman–Crippen MR) is 97.1 cm³/mol. The third kappa shape index (κ3) is 5.72. The fourth-order valence-corrected chi connectivity index (χ4v) is 3.45. The molecule has 140 valence electrons. The summed E-state index contributed by atoms with van der Waals surface area (Å²) in [6.07, 6.45) is 1.16. The van der Waals surface area contributed by atoms with Gasteiger partial charge in [-0.05, 0) is 50.5 Å². The number of nitrogens with one attached hydrogen (secondary N) is 1. The summed E-state index contributed by atoms with van der Waals surface area (Å²) in [7, 11) is 0. The molecule has 0 saturated carbocycles. The Morgan fingerprint density at radius 1 is 1.28 bits per heavy atom. The Morgan fingerprint density at radius 3 is 2.60 bits per heavy atom. The Balaban J connectivity index is 1.76. The molecule has 1 aromatic rings. The molecule has 2 N–H and O–H groups in total. The molecule has 0 aliphatic carbocycles. The van der Waals surface area contributed by atoms with Crippen LogP contribution in [0.3, 0.4) is 0 Å². The molecule has 5 heteroatoms. The highest BCUT2D eigenvalue weighted by Gasteiger charge is 2.29. The second-order valence-corrected chi connectivity index (χ2v) is 7.15. The van der Waals surface area contributed by atoms with E-state index in [1.807, 2.05) is 26.8 Å². The minimum Gasteiger partial charge on any atom is -0.490 e. The monoisotopic (exact) mass is 350 g/mol. The second-order valence-electron chi connectivity index (χ2n) is 7.15. The van der Waals surface area contributed by atoms with Gasteiger partial charge >= 0.3 is 5.97 Å². The van der Waals surface area contributed by atoms with Gasteiger partial charge in [-0.3, -0.25) is 4.79 Å². The molecule has 2 rings (SSSR count). The molecule has 1 fully saturated rings. The fraction of sp³-hybridized carbons (Fsp3) is 0.650. The number of ether oxygens (including phenoxy) is 2. The highest BCUT2D eigenvalue weighted by molar-refractivity contribution is 5.72. The van der Waals surface area contributed by atoms with E-state index >= 15 is 0 Å². The number of likely N-dealkylation sites (tertiary alicyclic amines) is 1. The van der Waals surface area contributed by atoms with Gasteiger partial charge in [-0.2, -0.15) is 0 Å². The van der Waals surface area contributed by atoms with Crippen molar-refractivity contribution in [1.29, 1.82) is 0 Å². The van der Waals surface area contributed by atoms with E-state index in [0.29, 0.717) is 19.8 Å². The van der Waals surface area contributed by atoms with Crippen LogP contribution in [-0.2, 0) is 9.53 Å². The van der Waals surface area contributed by atoms with E-state index in [9.17, 15) is 9.90 Å². The molecule has 25 heavy (non-hydrogen) atoms. The number of esters is 1. The molecular formula is C20H32NO4+. The minimum absolute atomic E-state index is 0.0232. The van der Waals surface area contributed by atoms with E-state index in [0.717, 1.165) is 37.2 Å². The summed E-state index contributed by atoms with van der Waals surface area (Å²) in [4.78, 5) is 13.1. The quantitative estimate of drug-likeness (QED) is 0.726. The van der Waals surface area contributed by atoms with E-state index in [2.05, 4.69) is 13.0 Å². The first-order chi connectivity index (χ1) is 11.9. The van der Waals surface area contributed by atoms with Gasteiger partial charge in [0.1, 0.15) is 25.0 Å². The van der Waals surface area contributed by atoms with Crippen molar-refractivity contribution >= 4 is 5.97 Å². The summed E-state index contributed by atoms with van der Waals surface area (Å²) >= 11 is 0. The molecule has 0 unspecified atom stereocenters. The maximum absolute atomic E-state index is 11.8. The molecule has 1 aliphatic rings. The maximum atomic E-state index is 11.8. The molecule has 1 saturated heterocycles. The standard InChI is InChI=1S/C20H31NO4/c1-5-24-20(23)17-6-8-21(9-7-17)12-18(22)13-25-19-11-14(2)10-15(3)16(19)4/h10-11,17-18,22H,5-9,12-13H2,1-4H3/p+1/t18-/m0/s1. The highest BCUT2D eigenvalue weighted by atomic mass is 16.5. The van der Waals surface area contributed by atoms with Gasteiger partial charge in [-0.25, -0.2) is 0 Å². The van der Waals surface area contributed by atoms with Gasteiger partial charge in [0.2, 0.25) is 0 Å². The lowest BCUT2D eigenvalue weighted by Gasteiger charge is -2.29. The number of hydrogen-bond donors (Lipinski definition) is 2. The number of aryl methyl sites for hydroxylation is 2. The summed E-state index contributed by atoms with van der Waals surface area (Å²) in [6.45, 7) is 11.2. The van der Waals surface area contributed by atoms with Crippen LogP contribution in [0.5, 0.6) is 5.75 Å². The Hall–Kier alpha value is -1.59. The third-order valence-corrected chi connectivity index (χ3v) is 5.03. The van der Waals surface area contributed by atoms with Crippen molar-refractivity contribution in [2.24, 2.45) is 5.92 Å². The fourth-order valence-electron chi connectivity index (χ4n) is 3.45. The number of piperidine rings is 1. The lowest BCUT2D eigenvalue weighted by molar-refractivity contribution is -0.908. The van der Waals surface area contributed by atoms with E-state index in [1.165, 1.54) is 16.0 Å². The predicted octanol–water partition coefficient (Wildman–Crippen LogP) is 1.21. The van der Waals surface area contributed by atoms with Crippen LogP contribution in [0.1, 0.15) is 36.5 Å². The Morgan fingerprint density at radius 2 is 1.96 bits per heavy atom. The number of carbonyl (C=O) groups excluding carboxylic acids is 1. The van der Waals surface area contributed by atoms with Gasteiger partial charge in [0.15, 0.2) is 0 Å². The van der Waals surface area contributed by atoms with Gasteiger partial charge < -0.3 is 19.5 Å². The molecule has 5 nitrogen and oxygen atoms in total. The molecule has 0 spiro atoms. The molecule has 0 amide bonds. The van der Waals surface area contributed by atoms with Crippen LogP contribution >= 0.6 is 0 Å². The van der Waals surface area contributed by atoms with E-state index in [-0.39, 0.29) is 11.9 Å². The first-order valence-corrected chi connectivity index (χ1v) is 9.29. The second kappa shape index (κ2) is 9.20. The smallest absolute Gasteiger partial charge is 0.309 e. The zero-order valence-corrected chi connectivity index (χ0v) is 15.9. The Bertz CT molecular complexity index is 579. The molecule has 0 aromatic heterocycles. The normalized spacial score (nSPS) is 21.6. The van der Waals surface area contributed by atoms with Gasteiger partial charge in [-0.1, -0.05) is 6.07 Å². The number of quaternary nitrogens is 1. The van der Waals surface area contributed by atoms with Crippen LogP contribution in [0.4, 0.5) is 0 Å². The van der Waals surface area contributed by atoms with E-state index < -0.39 is 6.10 Å². The van der Waals surface area contributed by atoms with Crippen molar-refractivity contribution in [1.82, 2.24) is 0 Å². The number of benzene rings is 1. The molecule has 1 atom stereocenters. The number of hydrogen-bond acceptors (Lipinski definition) is 4. The first kappa shape index (κ1) is 19.7. The largest absolute Gasteiger partial charge is 0.490 e. The average molecular weight is 350 g/mol. The van der Waals surface area contributed by atoms with E-state index in [4.69, 9.17) is 9.47 Å². The SMILES string of the molecule is CCOC(=O)C1CC[NH+](C[C@H](O)COc2cc(C)cc(C)c2C)CC1. The Labute approximate surface area is 150 Å². The molecule has 1 heterocycles. The summed E-state index contributed by atoms with van der Waals surface area (Å²) in [5, 5.41) is 10.3. The third-order valence-electron chi connectivity index (χ3n) is 5.03. The Kier molecular flexibility index (Phi) is 7.26. The van der Waals surface area contributed by atoms with Crippen molar-refractivity contribution < 1.29 is 24.3 Å². The van der Waals surface area contributed by atoms with Gasteiger partial charge in [-0.15, -0.1) is 0 Å². The van der Waals surface area contributed by atoms with Gasteiger partial charge in [0.05, 0.1) is 25.6 Å². The van der Waals surface area contributed by atoms with Gasteiger partial charge in [0.25, 0.3) is 0 Å². The summed E-state index contributed by atoms with van der Waals surface area (Å²) in [5.41, 5.74) is 3.50. The molecular weight excluding hydrogens is 318 g/mol. The zero-order chi connectivity index (χ0) is 18.4. The van der Waals surface area contributed by atoms with Crippen molar-refractivity contribution in [2.45, 2.75) is 46.6 Å². The number of aliphatic hydroxyl groups is 1. The number of carbonyl (C=O) groups is 1. The summed E-state index contributed by atoms with van der Waals surface area (Å²) in [5.74, 6) is 0.804. The lowest BCUT2D eigenvalue weighted by atomic mass is 9.97. The summed E-state index contributed by atoms with van der Waals surface area (Å²) < 4.78 is 11.0. The molecule has 1 aliphatic heterocycles. The van der Waals surface area contributed by atoms with Crippen LogP contribution in [0.2, 0.25) is 0 Å². The van der Waals surface area contributed by atoms with E-state index in [1.54, 1.807) is 0 Å².